The van der Waals surface area contributed by atoms with E-state index in [-0.39, 0.29) is 149 Å². The van der Waals surface area contributed by atoms with Gasteiger partial charge >= 0.3 is 41.5 Å². The molecule has 9 aromatic heterocycles. The maximum absolute atomic E-state index is 15.9. The van der Waals surface area contributed by atoms with E-state index in [1.54, 1.807) is 0 Å². The minimum atomic E-state index is -5.04. The van der Waals surface area contributed by atoms with Gasteiger partial charge in [0.15, 0.2) is 135 Å². The van der Waals surface area contributed by atoms with Crippen LogP contribution < -0.4 is 33.9 Å². The van der Waals surface area contributed by atoms with Crippen molar-refractivity contribution in [2.24, 2.45) is 15.0 Å². The summed E-state index contributed by atoms with van der Waals surface area (Å²) < 4.78 is 177. The number of anilines is 3. The summed E-state index contributed by atoms with van der Waals surface area (Å²) in [6, 6.07) is 0. The molecule has 0 amide bonds. The Morgan fingerprint density at radius 1 is 0.444 bits per heavy atom. The minimum absolute atomic E-state index is 0.00252. The van der Waals surface area contributed by atoms with Crippen LogP contribution in [0.2, 0.25) is 0 Å². The molecule has 58 nitrogen and oxygen atoms in total. The number of hydrogen-bond donors (Lipinski definition) is 13. The first-order valence-electron chi connectivity index (χ1n) is 38.8. The second-order valence-corrected chi connectivity index (χ2v) is 47.1. The fourth-order valence-electron chi connectivity index (χ4n) is 15.7. The van der Waals surface area contributed by atoms with E-state index < -0.39 is 218 Å². The predicted octanol–water partition coefficient (Wildman–Crippen LogP) is 0.560. The van der Waals surface area contributed by atoms with Gasteiger partial charge in [-0.3, -0.25) is 89.1 Å². The highest BCUT2D eigenvalue weighted by Crippen LogP contribution is 2.62. The van der Waals surface area contributed by atoms with Gasteiger partial charge < -0.3 is 93.1 Å². The number of phosphoric acid groups is 1. The van der Waals surface area contributed by atoms with Crippen molar-refractivity contribution in [3.63, 3.8) is 0 Å². The van der Waals surface area contributed by atoms with Gasteiger partial charge in [0.1, 0.15) is 60.3 Å². The highest BCUT2D eigenvalue weighted by Gasteiger charge is 2.58. The number of hydrogen-bond acceptors (Lipinski definition) is 49. The number of nitrogens with two attached hydrogens (primary N) is 3. The third kappa shape index (κ3) is 18.9. The molecule has 0 radical (unpaired) electrons. The zero-order chi connectivity index (χ0) is 93.8. The van der Waals surface area contributed by atoms with Gasteiger partial charge in [0.2, 0.25) is 17.8 Å². The highest BCUT2D eigenvalue weighted by molar-refractivity contribution is 8.44. The van der Waals surface area contributed by atoms with Gasteiger partial charge in [-0.15, -0.1) is 27.1 Å². The first-order valence-corrected chi connectivity index (χ1v) is 54.3. The molecule has 9 saturated heterocycles. The summed E-state index contributed by atoms with van der Waals surface area (Å²) in [6.07, 6.45) is -21.2. The summed E-state index contributed by atoms with van der Waals surface area (Å²) in [5.41, 5.74) is 14.9. The van der Waals surface area contributed by atoms with Crippen LogP contribution in [0, 0.1) is 0 Å². The van der Waals surface area contributed by atoms with Crippen molar-refractivity contribution in [1.29, 1.82) is 0 Å². The number of alkyl halides is 3. The molecule has 0 aliphatic carbocycles. The molecule has 714 valence electrons. The average molecular weight is 2100 g/mol. The number of phosphoric ester groups is 1. The van der Waals surface area contributed by atoms with Gasteiger partial charge in [0.25, 0.3) is 16.7 Å². The van der Waals surface area contributed by atoms with Crippen molar-refractivity contribution < 1.29 is 144 Å². The Morgan fingerprint density at radius 3 is 1.43 bits per heavy atom. The number of fused-ring (bicyclic) bond motifs is 15. The van der Waals surface area contributed by atoms with Crippen molar-refractivity contribution in [3.05, 3.63) is 67.1 Å². The fourth-order valence-corrected chi connectivity index (χ4v) is 25.6. The van der Waals surface area contributed by atoms with Crippen molar-refractivity contribution in [2.45, 2.75) is 166 Å². The number of Topliss-reactive ketones (excluding diaryl/α,β-unsaturated/α-hetero) is 3. The number of thiol groups is 1. The fraction of sp³-hybridized carbons (Fsp3) is 0.550. The second-order valence-electron chi connectivity index (χ2n) is 30.3. The number of nitrogens with one attached hydrogen (secondary N) is 3. The maximum atomic E-state index is 15.9. The highest BCUT2D eigenvalue weighted by atomic mass is 32.7. The number of aliphatic hydroxyl groups is 1. The Morgan fingerprint density at radius 2 is 0.872 bits per heavy atom. The lowest BCUT2D eigenvalue weighted by atomic mass is 10.1. The number of aromatic nitrogens is 21. The number of thioether (sulfide) groups is 1. The lowest BCUT2D eigenvalue weighted by Gasteiger charge is -2.28. The lowest BCUT2D eigenvalue weighted by molar-refractivity contribution is -0.0653. The number of nitrogens with zero attached hydrogens (tertiary/aromatic N) is 21. The van der Waals surface area contributed by atoms with E-state index in [0.29, 0.717) is 0 Å². The molecule has 28 atom stereocenters. The number of ether oxygens (including phenoxy) is 5. The third-order valence-corrected chi connectivity index (χ3v) is 32.0. The largest absolute Gasteiger partial charge is 0.472 e. The summed E-state index contributed by atoms with van der Waals surface area (Å²) >= 11 is 25.9. The predicted molar refractivity (Wildman–Crippen MR) is 456 cm³/mol. The second kappa shape index (κ2) is 36.4. The Kier molecular flexibility index (Phi) is 25.8. The number of H-pyrrole nitrogens is 3. The molecule has 0 saturated carbocycles. The molecule has 12 aliphatic rings. The summed E-state index contributed by atoms with van der Waals surface area (Å²) in [7, 11) is -5.04. The molecule has 12 aliphatic heterocycles. The van der Waals surface area contributed by atoms with E-state index in [1.807, 2.05) is 0 Å². The smallest absolute Gasteiger partial charge is 0.389 e. The van der Waals surface area contributed by atoms with Crippen molar-refractivity contribution >= 4 is 218 Å². The van der Waals surface area contributed by atoms with Crippen LogP contribution in [-0.2, 0) is 134 Å². The molecular weight excluding hydrogens is 2030 g/mol. The molecule has 133 heavy (non-hydrogen) atoms. The first kappa shape index (κ1) is 94.5. The average Bonchev–Trinajstić information content (AvgIpc) is 1.62. The van der Waals surface area contributed by atoms with Crippen molar-refractivity contribution in [2.75, 3.05) is 56.8 Å². The number of imidazole rings is 3. The number of aliphatic imine (C=N–C) groups is 3. The third-order valence-electron chi connectivity index (χ3n) is 21.6. The normalized spacial score (nSPS) is 38.1. The Bertz CT molecular complexity index is 6530. The van der Waals surface area contributed by atoms with E-state index in [1.165, 1.54) is 40.4 Å². The van der Waals surface area contributed by atoms with Gasteiger partial charge in [-0.1, -0.05) is 27.9 Å². The van der Waals surface area contributed by atoms with Gasteiger partial charge in [-0.25, -0.2) is 52.2 Å². The number of carbonyl (C=O) groups is 3. The number of ketones is 3. The Labute approximate surface area is 765 Å². The van der Waals surface area contributed by atoms with E-state index in [2.05, 4.69) is 103 Å². The van der Waals surface area contributed by atoms with Crippen LogP contribution in [0.25, 0.3) is 33.5 Å². The van der Waals surface area contributed by atoms with Crippen LogP contribution in [0.3, 0.4) is 0 Å². The molecule has 9 aromatic rings. The molecule has 73 heteroatoms. The summed E-state index contributed by atoms with van der Waals surface area (Å²) in [5, 5.41) is 32.2. The quantitative estimate of drug-likeness (QED) is 0.0799. The zero-order valence-electron chi connectivity index (χ0n) is 66.3. The number of carbonyl (C=O) groups excluding carboxylic acids is 3. The first-order chi connectivity index (χ1) is 63.1. The molecule has 6 bridgehead atoms. The van der Waals surface area contributed by atoms with E-state index >= 15 is 13.2 Å². The SMILES string of the molecule is Nc1nc2c(ncn2[C@@H]2O[C@@H]3COP(O)(=S)O[C@H]4[C@H](F)[C@H](n5nnc6c5N=CCC6=O)O[C@@H]4COP(=O)(S)O[C@@H]2C3)c(=O)[nH]1.Nc1nc2c(ncn2[C@@H]2S[C@@H]3COP(=O)(O)O[C@H]4[C@H](F)[C@H](n5cnc6c5N=CCC6=O)O[C@@H]4COP(O)(=S)O[C@@H]2[C@@H]3O)c(=O)[nH]1.Nc1nc2c(nnn2[C@@H]2O[C@@H]3COP(O)(=S)O[C@H]4[C@H](F)[C@H](n5nnc6c5N=CCC6=O)O[C@@H]4COP(O)(=S)O[C@@H]2C3)c(=O)[nH]1. The zero-order valence-corrected chi connectivity index (χ0v) is 76.6. The van der Waals surface area contributed by atoms with Crippen molar-refractivity contribution in [1.82, 2.24) is 104 Å². The molecule has 15 N–H and O–H groups in total. The monoisotopic (exact) mass is 2100 g/mol. The summed E-state index contributed by atoms with van der Waals surface area (Å²) in [6.45, 7) is -24.2. The number of rotatable bonds is 6. The van der Waals surface area contributed by atoms with E-state index in [9.17, 15) is 67.5 Å². The molecule has 21 rings (SSSR count). The molecule has 0 spiro atoms. The Balaban J connectivity index is 0.000000129. The Hall–Kier alpha value is -7.48. The van der Waals surface area contributed by atoms with Crippen LogP contribution in [-0.4, -0.2) is 306 Å². The number of nitrogen functional groups attached to an aromatic ring is 3. The maximum Gasteiger partial charge on any atom is 0.472 e. The van der Waals surface area contributed by atoms with Gasteiger partial charge in [-0.05, 0) is 47.2 Å². The molecule has 6 unspecified atom stereocenters. The number of aliphatic hydroxyl groups excluding tert-OH is 1. The summed E-state index contributed by atoms with van der Waals surface area (Å²) in [4.78, 5) is 172. The van der Waals surface area contributed by atoms with Gasteiger partial charge in [0.05, 0.1) is 82.2 Å². The van der Waals surface area contributed by atoms with Crippen LogP contribution in [0.15, 0.2) is 48.3 Å². The molecule has 0 aromatic carbocycles. The van der Waals surface area contributed by atoms with Crippen LogP contribution in [0.1, 0.15) is 100 Å². The minimum Gasteiger partial charge on any atom is -0.389 e. The summed E-state index contributed by atoms with van der Waals surface area (Å²) in [5.74, 6) is -1.72. The number of aromatic amines is 3. The van der Waals surface area contributed by atoms with Crippen LogP contribution in [0.5, 0.6) is 0 Å². The topological polar surface area (TPSA) is 762 Å². The standard InChI is InChI=1S/C21H23FN8O11P2S2.C20H22FN9O10P2S2.C19H21FN10O10P2S2/c22-10-14-8(39-19(10)29-5-25-11-7(31)1-2-24-16(11)29)3-38-43(36,44)41-15-13(32)9(4-37-42(34,35)40-14)45-20(15)30-6-26-12-17(30)27-21(23)28-18(12)33;21-11-14-10(38-19(11)30-15-12(27-28-30)8(31)1-2-23-15)5-36-41(33,43)39-9-3-7(4-35-42(34,44)40-14)37-18(9)29-6-24-13-16(29)25-20(22)26-17(13)32;20-10-13-9(38-18(10)29-14-11(25-27-29)7(31)1-2-22-14)5-36-41(33,43)39-8-3-6(4-35-42(34,44)40-13)37-17(8)30-15-12(26-28-30)16(32)24-19(21)23-15/h2,5-6,8-10,13-15,19-20,32H,1,3-4H2,(H,34,35)(H,36,44)(H3,23,27,28,33);2,6-7,9-11,14,18-19H,1,3-5H2,(H,33,43)(H,34,44)(H3,22,25,26,32);2,6,8-10,13,17-18H,1,3-5H2,(H,33,43)(H,34,44)(H3,21,23,24,32)/t8-,9-,10+,13-,14-,15-,19-,20-,43?;7-,9+,10+,11-,14+,18+,19+,41?,42?;6-,8+,9+,10-,13+,17+,18+,41?,42?/m100/s1. The molecule has 21 heterocycles. The van der Waals surface area contributed by atoms with Crippen molar-refractivity contribution in [3.8, 4) is 0 Å². The van der Waals surface area contributed by atoms with Gasteiger partial charge in [-0.2, -0.15) is 29.0 Å². The van der Waals surface area contributed by atoms with Gasteiger partial charge in [0, 0.05) is 50.7 Å². The van der Waals surface area contributed by atoms with E-state index in [4.69, 9.17) is 142 Å². The van der Waals surface area contributed by atoms with E-state index in [0.717, 1.165) is 36.7 Å². The lowest BCUT2D eigenvalue weighted by Crippen LogP contribution is -2.35. The van der Waals surface area contributed by atoms with Crippen LogP contribution in [0.4, 0.5) is 48.5 Å². The molecular formula is C60H66F3N27O31P6S6. The molecule has 9 fully saturated rings. The van der Waals surface area contributed by atoms with Crippen LogP contribution >= 0.6 is 65.5 Å². The number of halogens is 3.